The summed E-state index contributed by atoms with van der Waals surface area (Å²) in [6, 6.07) is 1.60. The molecule has 2 rings (SSSR count). The van der Waals surface area contributed by atoms with Crippen LogP contribution < -0.4 is 5.32 Å². The lowest BCUT2D eigenvalue weighted by atomic mass is 10.2. The highest BCUT2D eigenvalue weighted by atomic mass is 32.2. The fourth-order valence-corrected chi connectivity index (χ4v) is 2.74. The van der Waals surface area contributed by atoms with Gasteiger partial charge in [-0.2, -0.15) is 13.2 Å². The number of sulfone groups is 1. The van der Waals surface area contributed by atoms with Crippen LogP contribution in [0.15, 0.2) is 29.8 Å². The van der Waals surface area contributed by atoms with E-state index in [-0.39, 0.29) is 11.6 Å². The number of anilines is 1. The van der Waals surface area contributed by atoms with Crippen molar-refractivity contribution in [1.82, 2.24) is 4.98 Å². The molecule has 98 valence electrons. The summed E-state index contributed by atoms with van der Waals surface area (Å²) in [4.78, 5) is 3.60. The zero-order chi connectivity index (χ0) is 13.4. The molecule has 0 saturated carbocycles. The van der Waals surface area contributed by atoms with Gasteiger partial charge in [-0.15, -0.1) is 0 Å². The first-order chi connectivity index (χ1) is 8.26. The molecular weight excluding hydrogens is 269 g/mol. The van der Waals surface area contributed by atoms with E-state index in [2.05, 4.69) is 10.3 Å². The van der Waals surface area contributed by atoms with Gasteiger partial charge in [0.15, 0.2) is 9.84 Å². The van der Waals surface area contributed by atoms with Crippen molar-refractivity contribution in [1.29, 1.82) is 0 Å². The second-order valence-corrected chi connectivity index (χ2v) is 5.77. The third kappa shape index (κ3) is 3.00. The Kier molecular flexibility index (Phi) is 3.05. The molecule has 1 unspecified atom stereocenters. The molecule has 8 heteroatoms. The SMILES string of the molecule is O=S1(=O)C=CC(Nc2ccc(C(F)(F)F)cn2)C1. The second kappa shape index (κ2) is 4.27. The molecule has 0 amide bonds. The third-order valence-electron chi connectivity index (χ3n) is 2.35. The first-order valence-electron chi connectivity index (χ1n) is 4.97. The normalized spacial score (nSPS) is 22.1. The lowest BCUT2D eigenvalue weighted by molar-refractivity contribution is -0.137. The van der Waals surface area contributed by atoms with Crippen LogP contribution in [0.1, 0.15) is 5.56 Å². The highest BCUT2D eigenvalue weighted by Crippen LogP contribution is 2.29. The predicted molar refractivity (Wildman–Crippen MR) is 59.6 cm³/mol. The number of rotatable bonds is 2. The molecule has 18 heavy (non-hydrogen) atoms. The van der Waals surface area contributed by atoms with Gasteiger partial charge in [0.05, 0.1) is 17.4 Å². The number of halogens is 3. The molecule has 0 bridgehead atoms. The Bertz CT molecular complexity index is 564. The van der Waals surface area contributed by atoms with Crippen LogP contribution >= 0.6 is 0 Å². The standard InChI is InChI=1S/C10H9F3N2O2S/c11-10(12,13)7-1-2-9(14-5-7)15-8-3-4-18(16,17)6-8/h1-5,8H,6H2,(H,14,15). The maximum atomic E-state index is 12.3. The van der Waals surface area contributed by atoms with Crippen LogP contribution in [0, 0.1) is 0 Å². The smallest absolute Gasteiger partial charge is 0.363 e. The van der Waals surface area contributed by atoms with Crippen molar-refractivity contribution < 1.29 is 21.6 Å². The van der Waals surface area contributed by atoms with E-state index in [1.165, 1.54) is 12.1 Å². The zero-order valence-corrected chi connectivity index (χ0v) is 9.79. The van der Waals surface area contributed by atoms with Gasteiger partial charge in [-0.3, -0.25) is 0 Å². The highest BCUT2D eigenvalue weighted by Gasteiger charge is 2.30. The molecule has 1 N–H and O–H groups in total. The molecule has 0 radical (unpaired) electrons. The van der Waals surface area contributed by atoms with Gasteiger partial charge in [-0.25, -0.2) is 13.4 Å². The van der Waals surface area contributed by atoms with E-state index in [1.54, 1.807) is 0 Å². The molecule has 0 aliphatic carbocycles. The van der Waals surface area contributed by atoms with Crippen molar-refractivity contribution in [3.05, 3.63) is 35.4 Å². The zero-order valence-electron chi connectivity index (χ0n) is 8.98. The lowest BCUT2D eigenvalue weighted by Crippen LogP contribution is -2.21. The molecule has 0 fully saturated rings. The molecular formula is C10H9F3N2O2S. The minimum absolute atomic E-state index is 0.115. The van der Waals surface area contributed by atoms with Crippen LogP contribution in [-0.4, -0.2) is 25.2 Å². The summed E-state index contributed by atoms with van der Waals surface area (Å²) < 4.78 is 59.1. The van der Waals surface area contributed by atoms with Crippen molar-refractivity contribution in [2.75, 3.05) is 11.1 Å². The van der Waals surface area contributed by atoms with Gasteiger partial charge in [0, 0.05) is 11.6 Å². The number of aromatic nitrogens is 1. The topological polar surface area (TPSA) is 59.1 Å². The summed E-state index contributed by atoms with van der Waals surface area (Å²) in [5.41, 5.74) is -0.845. The summed E-state index contributed by atoms with van der Waals surface area (Å²) in [7, 11) is -3.20. The maximum absolute atomic E-state index is 12.3. The maximum Gasteiger partial charge on any atom is 0.417 e. The molecule has 1 aliphatic heterocycles. The van der Waals surface area contributed by atoms with Gasteiger partial charge in [0.25, 0.3) is 0 Å². The van der Waals surface area contributed by atoms with E-state index in [0.29, 0.717) is 6.20 Å². The first-order valence-corrected chi connectivity index (χ1v) is 6.68. The summed E-state index contributed by atoms with van der Waals surface area (Å²) in [5.74, 6) is 0.0881. The number of hydrogen-bond acceptors (Lipinski definition) is 4. The average Bonchev–Trinajstić information content (AvgIpc) is 2.57. The molecule has 4 nitrogen and oxygen atoms in total. The fourth-order valence-electron chi connectivity index (χ4n) is 1.50. The summed E-state index contributed by atoms with van der Waals surface area (Å²) >= 11 is 0. The van der Waals surface area contributed by atoms with E-state index < -0.39 is 27.6 Å². The summed E-state index contributed by atoms with van der Waals surface area (Å²) in [6.07, 6.45) is -2.29. The molecule has 0 aromatic carbocycles. The fraction of sp³-hybridized carbons (Fsp3) is 0.300. The number of alkyl halides is 3. The van der Waals surface area contributed by atoms with Crippen molar-refractivity contribution in [3.63, 3.8) is 0 Å². The minimum atomic E-state index is -4.43. The Balaban J connectivity index is 2.06. The van der Waals surface area contributed by atoms with E-state index >= 15 is 0 Å². The van der Waals surface area contributed by atoms with Gasteiger partial charge in [0.1, 0.15) is 5.82 Å². The monoisotopic (exact) mass is 278 g/mol. The van der Waals surface area contributed by atoms with Gasteiger partial charge in [-0.1, -0.05) is 0 Å². The number of nitrogens with zero attached hydrogens (tertiary/aromatic N) is 1. The quantitative estimate of drug-likeness (QED) is 0.896. The van der Waals surface area contributed by atoms with E-state index in [9.17, 15) is 21.6 Å². The third-order valence-corrected chi connectivity index (χ3v) is 3.75. The summed E-state index contributed by atoms with van der Waals surface area (Å²) in [6.45, 7) is 0. The Morgan fingerprint density at radius 2 is 2.06 bits per heavy atom. The van der Waals surface area contributed by atoms with Crippen LogP contribution in [0.3, 0.4) is 0 Å². The van der Waals surface area contributed by atoms with Gasteiger partial charge in [0.2, 0.25) is 0 Å². The molecule has 2 heterocycles. The number of nitrogens with one attached hydrogen (secondary N) is 1. The number of hydrogen-bond donors (Lipinski definition) is 1. The Morgan fingerprint density at radius 3 is 2.50 bits per heavy atom. The highest BCUT2D eigenvalue weighted by molar-refractivity contribution is 7.94. The van der Waals surface area contributed by atoms with Crippen LogP contribution in [0.25, 0.3) is 0 Å². The van der Waals surface area contributed by atoms with E-state index in [0.717, 1.165) is 11.5 Å². The van der Waals surface area contributed by atoms with Crippen LogP contribution in [0.2, 0.25) is 0 Å². The van der Waals surface area contributed by atoms with Crippen LogP contribution in [0.4, 0.5) is 19.0 Å². The van der Waals surface area contributed by atoms with Crippen molar-refractivity contribution in [2.24, 2.45) is 0 Å². The molecule has 1 aromatic heterocycles. The molecule has 0 spiro atoms. The Hall–Kier alpha value is -1.57. The first kappa shape index (κ1) is 12.9. The van der Waals surface area contributed by atoms with Gasteiger partial charge < -0.3 is 5.32 Å². The van der Waals surface area contributed by atoms with Crippen LogP contribution in [0.5, 0.6) is 0 Å². The van der Waals surface area contributed by atoms with Gasteiger partial charge >= 0.3 is 6.18 Å². The average molecular weight is 278 g/mol. The number of pyridine rings is 1. The molecule has 1 aromatic rings. The van der Waals surface area contributed by atoms with Crippen molar-refractivity contribution in [3.8, 4) is 0 Å². The molecule has 1 atom stereocenters. The van der Waals surface area contributed by atoms with Crippen molar-refractivity contribution in [2.45, 2.75) is 12.2 Å². The van der Waals surface area contributed by atoms with E-state index in [1.807, 2.05) is 0 Å². The Labute approximate surface area is 101 Å². The summed E-state index contributed by atoms with van der Waals surface area (Å²) in [5, 5.41) is 3.81. The predicted octanol–water partition coefficient (Wildman–Crippen LogP) is 1.82. The minimum Gasteiger partial charge on any atom is -0.363 e. The lowest BCUT2D eigenvalue weighted by Gasteiger charge is -2.11. The van der Waals surface area contributed by atoms with Crippen molar-refractivity contribution >= 4 is 15.7 Å². The molecule has 0 saturated heterocycles. The molecule has 1 aliphatic rings. The second-order valence-electron chi connectivity index (χ2n) is 3.84. The van der Waals surface area contributed by atoms with Crippen LogP contribution in [-0.2, 0) is 16.0 Å². The largest absolute Gasteiger partial charge is 0.417 e. The van der Waals surface area contributed by atoms with Gasteiger partial charge in [-0.05, 0) is 18.2 Å². The Morgan fingerprint density at radius 1 is 1.33 bits per heavy atom. The van der Waals surface area contributed by atoms with E-state index in [4.69, 9.17) is 0 Å².